The minimum Gasteiger partial charge on any atom is -0.377 e. The van der Waals surface area contributed by atoms with Crippen molar-refractivity contribution in [1.29, 1.82) is 0 Å². The average Bonchev–Trinajstić information content (AvgIpc) is 2.72. The van der Waals surface area contributed by atoms with Crippen LogP contribution in [0.15, 0.2) is 66.7 Å². The fourth-order valence-electron chi connectivity index (χ4n) is 3.78. The Bertz CT molecular complexity index is 1180. The van der Waals surface area contributed by atoms with Crippen LogP contribution in [-0.2, 0) is 12.7 Å². The molecule has 3 nitrogen and oxygen atoms in total. The van der Waals surface area contributed by atoms with E-state index in [-0.39, 0.29) is 0 Å². The predicted molar refractivity (Wildman–Crippen MR) is 121 cm³/mol. The molecule has 4 aromatic rings. The molecule has 0 atom stereocenters. The van der Waals surface area contributed by atoms with Gasteiger partial charge in [0, 0.05) is 68.0 Å². The minimum atomic E-state index is -4.33. The zero-order valence-corrected chi connectivity index (χ0v) is 18.0. The van der Waals surface area contributed by atoms with Crippen molar-refractivity contribution in [3.63, 3.8) is 0 Å². The van der Waals surface area contributed by atoms with Gasteiger partial charge in [-0.3, -0.25) is 0 Å². The molecule has 0 unspecified atom stereocenters. The van der Waals surface area contributed by atoms with Crippen LogP contribution in [0.1, 0.15) is 11.1 Å². The summed E-state index contributed by atoms with van der Waals surface area (Å²) in [7, 11) is 7.97. The van der Waals surface area contributed by atoms with Gasteiger partial charge in [0.25, 0.3) is 0 Å². The van der Waals surface area contributed by atoms with E-state index < -0.39 is 11.7 Å². The van der Waals surface area contributed by atoms with E-state index in [1.54, 1.807) is 12.1 Å². The van der Waals surface area contributed by atoms with Crippen molar-refractivity contribution >= 4 is 33.2 Å². The van der Waals surface area contributed by atoms with Gasteiger partial charge in [-0.05, 0) is 42.5 Å². The lowest BCUT2D eigenvalue weighted by Gasteiger charge is -2.15. The highest BCUT2D eigenvalue weighted by Crippen LogP contribution is 2.30. The molecule has 0 bridgehead atoms. The highest BCUT2D eigenvalue weighted by atomic mass is 19.4. The summed E-state index contributed by atoms with van der Waals surface area (Å²) in [6.07, 6.45) is -4.33. The molecule has 0 amide bonds. The van der Waals surface area contributed by atoms with E-state index in [1.165, 1.54) is 0 Å². The summed E-state index contributed by atoms with van der Waals surface area (Å²) in [5.74, 6) is 0. The zero-order chi connectivity index (χ0) is 22.3. The first kappa shape index (κ1) is 21.0. The minimum absolute atomic E-state index is 0.472. The maximum atomic E-state index is 13.0. The SMILES string of the molecule is CN(C)c1ccc2cc3ccc(N(C)C)cc3[n+](Cc3ccc(C(F)(F)F)cc3)c2c1. The second kappa shape index (κ2) is 7.76. The fourth-order valence-corrected chi connectivity index (χ4v) is 3.78. The van der Waals surface area contributed by atoms with Crippen molar-refractivity contribution in [3.8, 4) is 0 Å². The number of hydrogen-bond acceptors (Lipinski definition) is 2. The molecular formula is C25H25F3N3+. The average molecular weight is 424 g/mol. The number of hydrogen-bond donors (Lipinski definition) is 0. The van der Waals surface area contributed by atoms with E-state index >= 15 is 0 Å². The van der Waals surface area contributed by atoms with Gasteiger partial charge in [0.2, 0.25) is 11.0 Å². The van der Waals surface area contributed by atoms with Crippen LogP contribution < -0.4 is 14.4 Å². The van der Waals surface area contributed by atoms with E-state index in [0.29, 0.717) is 6.54 Å². The van der Waals surface area contributed by atoms with Gasteiger partial charge in [0.05, 0.1) is 5.56 Å². The molecule has 0 radical (unpaired) electrons. The largest absolute Gasteiger partial charge is 0.416 e. The molecular weight excluding hydrogens is 399 g/mol. The summed E-state index contributed by atoms with van der Waals surface area (Å²) in [5.41, 5.74) is 4.39. The lowest BCUT2D eigenvalue weighted by molar-refractivity contribution is -0.635. The summed E-state index contributed by atoms with van der Waals surface area (Å²) in [6.45, 7) is 0.472. The van der Waals surface area contributed by atoms with Crippen LogP contribution in [0.25, 0.3) is 21.8 Å². The van der Waals surface area contributed by atoms with Crippen LogP contribution in [0.3, 0.4) is 0 Å². The predicted octanol–water partition coefficient (Wildman–Crippen LogP) is 5.48. The Hall–Kier alpha value is -3.28. The van der Waals surface area contributed by atoms with E-state index in [0.717, 1.165) is 50.9 Å². The number of rotatable bonds is 4. The van der Waals surface area contributed by atoms with E-state index in [2.05, 4.69) is 47.0 Å². The third-order valence-corrected chi connectivity index (χ3v) is 5.58. The highest BCUT2D eigenvalue weighted by molar-refractivity contribution is 5.91. The van der Waals surface area contributed by atoms with Gasteiger partial charge in [-0.15, -0.1) is 0 Å². The summed E-state index contributed by atoms with van der Waals surface area (Å²) in [6, 6.07) is 20.2. The Kier molecular flexibility index (Phi) is 5.25. The number of fused-ring (bicyclic) bond motifs is 2. The maximum absolute atomic E-state index is 13.0. The van der Waals surface area contributed by atoms with Gasteiger partial charge in [0.1, 0.15) is 0 Å². The van der Waals surface area contributed by atoms with Crippen molar-refractivity contribution in [1.82, 2.24) is 0 Å². The Balaban J connectivity index is 1.93. The van der Waals surface area contributed by atoms with E-state index in [4.69, 9.17) is 0 Å². The fraction of sp³-hybridized carbons (Fsp3) is 0.240. The van der Waals surface area contributed by atoms with Crippen molar-refractivity contribution in [2.75, 3.05) is 38.0 Å². The Morgan fingerprint density at radius 3 is 1.58 bits per heavy atom. The number of anilines is 2. The van der Waals surface area contributed by atoms with Gasteiger partial charge in [-0.25, -0.2) is 0 Å². The molecule has 4 rings (SSSR count). The third kappa shape index (κ3) is 4.15. The molecule has 31 heavy (non-hydrogen) atoms. The van der Waals surface area contributed by atoms with Crippen molar-refractivity contribution in [3.05, 3.63) is 77.9 Å². The second-order valence-corrected chi connectivity index (χ2v) is 8.20. The third-order valence-electron chi connectivity index (χ3n) is 5.58. The van der Waals surface area contributed by atoms with Gasteiger partial charge >= 0.3 is 6.18 Å². The van der Waals surface area contributed by atoms with Gasteiger partial charge < -0.3 is 9.80 Å². The van der Waals surface area contributed by atoms with Crippen LogP contribution in [0.5, 0.6) is 0 Å². The van der Waals surface area contributed by atoms with Crippen LogP contribution in [0, 0.1) is 0 Å². The lowest BCUT2D eigenvalue weighted by Crippen LogP contribution is -2.36. The molecule has 0 aliphatic rings. The molecule has 1 heterocycles. The smallest absolute Gasteiger partial charge is 0.377 e. The Labute approximate surface area is 179 Å². The summed E-state index contributed by atoms with van der Waals surface area (Å²) in [5, 5.41) is 2.17. The van der Waals surface area contributed by atoms with Crippen LogP contribution in [-0.4, -0.2) is 28.2 Å². The molecule has 6 heteroatoms. The molecule has 0 saturated heterocycles. The molecule has 0 fully saturated rings. The molecule has 0 N–H and O–H groups in total. The molecule has 1 aromatic heterocycles. The molecule has 0 saturated carbocycles. The number of aromatic nitrogens is 1. The summed E-state index contributed by atoms with van der Waals surface area (Å²) >= 11 is 0. The van der Waals surface area contributed by atoms with Crippen molar-refractivity contribution in [2.45, 2.75) is 12.7 Å². The van der Waals surface area contributed by atoms with Gasteiger partial charge in [-0.2, -0.15) is 17.7 Å². The number of alkyl halides is 3. The lowest BCUT2D eigenvalue weighted by atomic mass is 10.1. The van der Waals surface area contributed by atoms with E-state index in [9.17, 15) is 13.2 Å². The number of pyridine rings is 1. The summed E-state index contributed by atoms with van der Waals surface area (Å²) in [4.78, 5) is 4.09. The first-order chi connectivity index (χ1) is 14.6. The molecule has 160 valence electrons. The van der Waals surface area contributed by atoms with Crippen molar-refractivity contribution < 1.29 is 17.7 Å². The first-order valence-corrected chi connectivity index (χ1v) is 10.0. The molecule has 3 aromatic carbocycles. The van der Waals surface area contributed by atoms with Gasteiger partial charge in [-0.1, -0.05) is 12.1 Å². The maximum Gasteiger partial charge on any atom is 0.416 e. The number of nitrogens with zero attached hydrogens (tertiary/aromatic N) is 3. The summed E-state index contributed by atoms with van der Waals surface area (Å²) < 4.78 is 41.2. The molecule has 0 spiro atoms. The Morgan fingerprint density at radius 1 is 0.677 bits per heavy atom. The highest BCUT2D eigenvalue weighted by Gasteiger charge is 2.30. The number of halogens is 3. The van der Waals surface area contributed by atoms with Crippen molar-refractivity contribution in [2.24, 2.45) is 0 Å². The quantitative estimate of drug-likeness (QED) is 0.317. The van der Waals surface area contributed by atoms with Crippen LogP contribution >= 0.6 is 0 Å². The van der Waals surface area contributed by atoms with E-state index in [1.807, 2.05) is 38.0 Å². The zero-order valence-electron chi connectivity index (χ0n) is 18.0. The standard InChI is InChI=1S/C25H25F3N3/c1-29(2)21-11-7-18-13-19-8-12-22(30(3)4)15-24(19)31(23(18)14-21)16-17-5-9-20(10-6-17)25(26,27)28/h5-15H,16H2,1-4H3/q+1. The van der Waals surface area contributed by atoms with Gasteiger partial charge in [0.15, 0.2) is 6.54 Å². The van der Waals surface area contributed by atoms with Crippen LogP contribution in [0.2, 0.25) is 0 Å². The monoisotopic (exact) mass is 424 g/mol. The first-order valence-electron chi connectivity index (χ1n) is 10.0. The second-order valence-electron chi connectivity index (χ2n) is 8.20. The normalized spacial score (nSPS) is 11.8. The molecule has 0 aliphatic heterocycles. The number of benzene rings is 3. The topological polar surface area (TPSA) is 10.4 Å². The van der Waals surface area contributed by atoms with Crippen LogP contribution in [0.4, 0.5) is 24.5 Å². The Morgan fingerprint density at radius 2 is 1.16 bits per heavy atom. The molecule has 0 aliphatic carbocycles.